The minimum absolute atomic E-state index is 0.216. The number of halogens is 1. The Balaban J connectivity index is 1.84. The number of anilines is 2. The highest BCUT2D eigenvalue weighted by atomic mass is 19.1. The fraction of sp³-hybridized carbons (Fsp3) is 0.188. The summed E-state index contributed by atoms with van der Waals surface area (Å²) in [7, 11) is 0. The molecule has 0 saturated carbocycles. The Morgan fingerprint density at radius 3 is 2.95 bits per heavy atom. The molecule has 1 aliphatic heterocycles. The highest BCUT2D eigenvalue weighted by Crippen LogP contribution is 2.24. The first-order valence-corrected chi connectivity index (χ1v) is 6.58. The van der Waals surface area contributed by atoms with E-state index in [1.54, 1.807) is 18.2 Å². The second-order valence-electron chi connectivity index (χ2n) is 4.99. The second kappa shape index (κ2) is 4.96. The fourth-order valence-electron chi connectivity index (χ4n) is 2.38. The first kappa shape index (κ1) is 12.7. The first-order chi connectivity index (χ1) is 9.63. The minimum atomic E-state index is -0.424. The maximum absolute atomic E-state index is 13.6. The third kappa shape index (κ3) is 2.37. The van der Waals surface area contributed by atoms with Gasteiger partial charge in [-0.05, 0) is 54.8 Å². The Morgan fingerprint density at radius 1 is 1.25 bits per heavy atom. The van der Waals surface area contributed by atoms with E-state index in [9.17, 15) is 9.18 Å². The van der Waals surface area contributed by atoms with E-state index in [0.717, 1.165) is 29.8 Å². The standard InChI is InChI=1S/C16H15FN2O/c1-10-2-4-13(17)15(8-10)19-16(20)12-3-5-14-11(9-12)6-7-18-14/h2-5,8-9,18H,6-7H2,1H3,(H,19,20). The Hall–Kier alpha value is -2.36. The van der Waals surface area contributed by atoms with Crippen LogP contribution in [0.3, 0.4) is 0 Å². The summed E-state index contributed by atoms with van der Waals surface area (Å²) in [6.07, 6.45) is 0.912. The highest BCUT2D eigenvalue weighted by Gasteiger charge is 2.14. The summed E-state index contributed by atoms with van der Waals surface area (Å²) >= 11 is 0. The van der Waals surface area contributed by atoms with Gasteiger partial charge in [-0.25, -0.2) is 4.39 Å². The van der Waals surface area contributed by atoms with Crippen LogP contribution in [-0.4, -0.2) is 12.5 Å². The van der Waals surface area contributed by atoms with Gasteiger partial charge in [-0.1, -0.05) is 6.07 Å². The van der Waals surface area contributed by atoms with Crippen molar-refractivity contribution in [2.24, 2.45) is 0 Å². The van der Waals surface area contributed by atoms with E-state index >= 15 is 0 Å². The van der Waals surface area contributed by atoms with E-state index in [1.807, 2.05) is 19.1 Å². The molecule has 0 aliphatic carbocycles. The lowest BCUT2D eigenvalue weighted by Gasteiger charge is -2.08. The van der Waals surface area contributed by atoms with Crippen LogP contribution in [0.4, 0.5) is 15.8 Å². The van der Waals surface area contributed by atoms with E-state index in [2.05, 4.69) is 10.6 Å². The molecular weight excluding hydrogens is 255 g/mol. The van der Waals surface area contributed by atoms with Gasteiger partial charge in [-0.15, -0.1) is 0 Å². The van der Waals surface area contributed by atoms with E-state index in [-0.39, 0.29) is 11.6 Å². The van der Waals surface area contributed by atoms with Crippen LogP contribution < -0.4 is 10.6 Å². The highest BCUT2D eigenvalue weighted by molar-refractivity contribution is 6.04. The molecule has 0 fully saturated rings. The second-order valence-corrected chi connectivity index (χ2v) is 4.99. The van der Waals surface area contributed by atoms with Gasteiger partial charge in [-0.3, -0.25) is 4.79 Å². The summed E-state index contributed by atoms with van der Waals surface area (Å²) in [4.78, 5) is 12.2. The van der Waals surface area contributed by atoms with E-state index in [4.69, 9.17) is 0 Å². The third-order valence-electron chi connectivity index (χ3n) is 3.45. The molecule has 102 valence electrons. The smallest absolute Gasteiger partial charge is 0.255 e. The van der Waals surface area contributed by atoms with Crippen LogP contribution >= 0.6 is 0 Å². The lowest BCUT2D eigenvalue weighted by atomic mass is 10.1. The van der Waals surface area contributed by atoms with Crippen molar-refractivity contribution in [2.75, 3.05) is 17.2 Å². The lowest BCUT2D eigenvalue weighted by Crippen LogP contribution is -2.13. The quantitative estimate of drug-likeness (QED) is 0.878. The molecule has 1 aliphatic rings. The van der Waals surface area contributed by atoms with Gasteiger partial charge in [0, 0.05) is 17.8 Å². The van der Waals surface area contributed by atoms with Crippen molar-refractivity contribution in [3.63, 3.8) is 0 Å². The molecule has 0 atom stereocenters. The number of fused-ring (bicyclic) bond motifs is 1. The molecule has 3 rings (SSSR count). The van der Waals surface area contributed by atoms with E-state index in [1.165, 1.54) is 6.07 Å². The van der Waals surface area contributed by atoms with Crippen molar-refractivity contribution < 1.29 is 9.18 Å². The number of benzene rings is 2. The molecule has 0 aromatic heterocycles. The van der Waals surface area contributed by atoms with Crippen molar-refractivity contribution in [1.29, 1.82) is 0 Å². The van der Waals surface area contributed by atoms with Gasteiger partial charge in [0.15, 0.2) is 0 Å². The normalized spacial score (nSPS) is 12.7. The molecule has 0 spiro atoms. The predicted molar refractivity (Wildman–Crippen MR) is 77.7 cm³/mol. The average Bonchev–Trinajstić information content (AvgIpc) is 2.90. The average molecular weight is 270 g/mol. The van der Waals surface area contributed by atoms with Gasteiger partial charge in [-0.2, -0.15) is 0 Å². The van der Waals surface area contributed by atoms with Crippen LogP contribution in [0, 0.1) is 12.7 Å². The first-order valence-electron chi connectivity index (χ1n) is 6.58. The molecule has 1 amide bonds. The Kier molecular flexibility index (Phi) is 3.14. The number of carbonyl (C=O) groups excluding carboxylic acids is 1. The van der Waals surface area contributed by atoms with Gasteiger partial charge in [0.25, 0.3) is 5.91 Å². The van der Waals surface area contributed by atoms with E-state index < -0.39 is 5.82 Å². The molecular formula is C16H15FN2O. The summed E-state index contributed by atoms with van der Waals surface area (Å²) in [6.45, 7) is 2.75. The number of hydrogen-bond acceptors (Lipinski definition) is 2. The number of amides is 1. The maximum Gasteiger partial charge on any atom is 0.255 e. The van der Waals surface area contributed by atoms with Crippen molar-refractivity contribution in [1.82, 2.24) is 0 Å². The predicted octanol–water partition coefficient (Wildman–Crippen LogP) is 3.35. The largest absolute Gasteiger partial charge is 0.384 e. The Bertz CT molecular complexity index is 682. The molecule has 0 unspecified atom stereocenters. The molecule has 20 heavy (non-hydrogen) atoms. The number of rotatable bonds is 2. The number of carbonyl (C=O) groups is 1. The van der Waals surface area contributed by atoms with Gasteiger partial charge in [0.2, 0.25) is 0 Å². The number of aryl methyl sites for hydroxylation is 1. The molecule has 0 radical (unpaired) electrons. The number of hydrogen-bond donors (Lipinski definition) is 2. The summed E-state index contributed by atoms with van der Waals surface area (Å²) in [5, 5.41) is 5.86. The van der Waals surface area contributed by atoms with Crippen molar-refractivity contribution in [3.8, 4) is 0 Å². The third-order valence-corrected chi connectivity index (χ3v) is 3.45. The van der Waals surface area contributed by atoms with Gasteiger partial charge < -0.3 is 10.6 Å². The van der Waals surface area contributed by atoms with Crippen molar-refractivity contribution in [2.45, 2.75) is 13.3 Å². The molecule has 2 aromatic carbocycles. The van der Waals surface area contributed by atoms with Crippen LogP contribution in [0.25, 0.3) is 0 Å². The lowest BCUT2D eigenvalue weighted by molar-refractivity contribution is 0.102. The number of nitrogens with one attached hydrogen (secondary N) is 2. The molecule has 0 bridgehead atoms. The molecule has 4 heteroatoms. The topological polar surface area (TPSA) is 41.1 Å². The molecule has 2 aromatic rings. The summed E-state index contributed by atoms with van der Waals surface area (Å²) in [6, 6.07) is 10.2. The molecule has 1 heterocycles. The minimum Gasteiger partial charge on any atom is -0.384 e. The van der Waals surface area contributed by atoms with Crippen LogP contribution in [0.5, 0.6) is 0 Å². The Morgan fingerprint density at radius 2 is 2.10 bits per heavy atom. The fourth-order valence-corrected chi connectivity index (χ4v) is 2.38. The zero-order chi connectivity index (χ0) is 14.1. The molecule has 3 nitrogen and oxygen atoms in total. The monoisotopic (exact) mass is 270 g/mol. The van der Waals surface area contributed by atoms with Crippen molar-refractivity contribution >= 4 is 17.3 Å². The summed E-state index contributed by atoms with van der Waals surface area (Å²) < 4.78 is 13.6. The summed E-state index contributed by atoms with van der Waals surface area (Å²) in [5.41, 5.74) is 3.87. The van der Waals surface area contributed by atoms with Crippen LogP contribution in [0.15, 0.2) is 36.4 Å². The van der Waals surface area contributed by atoms with Gasteiger partial charge in [0.05, 0.1) is 5.69 Å². The maximum atomic E-state index is 13.6. The molecule has 0 saturated heterocycles. The SMILES string of the molecule is Cc1ccc(F)c(NC(=O)c2ccc3c(c2)CCN3)c1. The van der Waals surface area contributed by atoms with E-state index in [0.29, 0.717) is 5.56 Å². The van der Waals surface area contributed by atoms with Gasteiger partial charge in [0.1, 0.15) is 5.82 Å². The van der Waals surface area contributed by atoms with Gasteiger partial charge >= 0.3 is 0 Å². The van der Waals surface area contributed by atoms with Crippen LogP contribution in [0.2, 0.25) is 0 Å². The molecule has 2 N–H and O–H groups in total. The zero-order valence-electron chi connectivity index (χ0n) is 11.2. The van der Waals surface area contributed by atoms with Crippen LogP contribution in [0.1, 0.15) is 21.5 Å². The zero-order valence-corrected chi connectivity index (χ0v) is 11.2. The summed E-state index contributed by atoms with van der Waals surface area (Å²) in [5.74, 6) is -0.712. The Labute approximate surface area is 116 Å². The van der Waals surface area contributed by atoms with Crippen LogP contribution in [-0.2, 0) is 6.42 Å². The van der Waals surface area contributed by atoms with Crippen molar-refractivity contribution in [3.05, 3.63) is 58.9 Å².